The average Bonchev–Trinajstić information content (AvgIpc) is 2.87. The van der Waals surface area contributed by atoms with Gasteiger partial charge in [-0.2, -0.15) is 9.78 Å². The van der Waals surface area contributed by atoms with Gasteiger partial charge in [0.25, 0.3) is 5.56 Å². The minimum atomic E-state index is -0.228. The van der Waals surface area contributed by atoms with Crippen LogP contribution in [0.3, 0.4) is 0 Å². The van der Waals surface area contributed by atoms with Gasteiger partial charge < -0.3 is 9.47 Å². The number of para-hydroxylation sites is 1. The minimum Gasteiger partial charge on any atom is -0.496 e. The molecule has 6 heteroatoms. The topological polar surface area (TPSA) is 65.7 Å². The standard InChI is InChI=1S/C29H29N3O3/c1-6-15-35-22-13-11-21(12-14-22)18-30-32-28(31-26-10-8-7-9-23(26)29(32)33)25-17-24(19(2)3)27(34-5)16-20(25)4/h6-14,16-19H,1,15H2,2-5H3. The first-order chi connectivity index (χ1) is 16.9. The van der Waals surface area contributed by atoms with E-state index in [-0.39, 0.29) is 11.5 Å². The van der Waals surface area contributed by atoms with E-state index < -0.39 is 0 Å². The van der Waals surface area contributed by atoms with E-state index in [2.05, 4.69) is 25.5 Å². The molecule has 0 saturated heterocycles. The smallest absolute Gasteiger partial charge is 0.282 e. The Morgan fingerprint density at radius 3 is 2.54 bits per heavy atom. The van der Waals surface area contributed by atoms with E-state index in [9.17, 15) is 4.79 Å². The van der Waals surface area contributed by atoms with Crippen molar-refractivity contribution >= 4 is 17.1 Å². The van der Waals surface area contributed by atoms with Gasteiger partial charge >= 0.3 is 0 Å². The molecule has 0 fully saturated rings. The summed E-state index contributed by atoms with van der Waals surface area (Å²) in [6.45, 7) is 10.3. The predicted molar refractivity (Wildman–Crippen MR) is 142 cm³/mol. The Balaban J connectivity index is 1.87. The van der Waals surface area contributed by atoms with Crippen molar-refractivity contribution in [3.63, 3.8) is 0 Å². The van der Waals surface area contributed by atoms with Crippen molar-refractivity contribution in [1.29, 1.82) is 0 Å². The van der Waals surface area contributed by atoms with E-state index in [4.69, 9.17) is 14.5 Å². The highest BCUT2D eigenvalue weighted by Gasteiger charge is 2.18. The number of rotatable bonds is 8. The van der Waals surface area contributed by atoms with E-state index in [0.717, 1.165) is 33.8 Å². The lowest BCUT2D eigenvalue weighted by Crippen LogP contribution is -2.20. The van der Waals surface area contributed by atoms with Crippen LogP contribution in [0.1, 0.15) is 36.5 Å². The normalized spacial score (nSPS) is 11.3. The van der Waals surface area contributed by atoms with Crippen molar-refractivity contribution in [2.45, 2.75) is 26.7 Å². The third kappa shape index (κ3) is 5.01. The molecule has 0 amide bonds. The van der Waals surface area contributed by atoms with E-state index in [1.807, 2.05) is 61.5 Å². The molecule has 6 nitrogen and oxygen atoms in total. The molecule has 0 aliphatic heterocycles. The molecule has 0 bridgehead atoms. The summed E-state index contributed by atoms with van der Waals surface area (Å²) in [5.74, 6) is 2.27. The second kappa shape index (κ2) is 10.4. The molecule has 178 valence electrons. The van der Waals surface area contributed by atoms with E-state index in [1.54, 1.807) is 25.5 Å². The lowest BCUT2D eigenvalue weighted by molar-refractivity contribution is 0.363. The summed E-state index contributed by atoms with van der Waals surface area (Å²) in [7, 11) is 1.67. The molecule has 1 heterocycles. The van der Waals surface area contributed by atoms with Crippen LogP contribution >= 0.6 is 0 Å². The van der Waals surface area contributed by atoms with Crippen LogP contribution in [0.25, 0.3) is 22.3 Å². The molecule has 1 aromatic heterocycles. The van der Waals surface area contributed by atoms with Crippen LogP contribution in [0.4, 0.5) is 0 Å². The Kier molecular flexibility index (Phi) is 7.11. The fourth-order valence-corrected chi connectivity index (χ4v) is 3.90. The molecule has 4 aromatic rings. The maximum atomic E-state index is 13.5. The van der Waals surface area contributed by atoms with E-state index in [1.165, 1.54) is 4.68 Å². The highest BCUT2D eigenvalue weighted by molar-refractivity contribution is 5.82. The van der Waals surface area contributed by atoms with Gasteiger partial charge in [-0.25, -0.2) is 4.98 Å². The number of nitrogens with zero attached hydrogens (tertiary/aromatic N) is 3. The summed E-state index contributed by atoms with van der Waals surface area (Å²) in [4.78, 5) is 18.4. The zero-order valence-corrected chi connectivity index (χ0v) is 20.5. The fraction of sp³-hybridized carbons (Fsp3) is 0.207. The first-order valence-electron chi connectivity index (χ1n) is 11.5. The highest BCUT2D eigenvalue weighted by atomic mass is 16.5. The lowest BCUT2D eigenvalue weighted by Gasteiger charge is -2.17. The molecule has 0 radical (unpaired) electrons. The van der Waals surface area contributed by atoms with Crippen LogP contribution in [0.5, 0.6) is 11.5 Å². The van der Waals surface area contributed by atoms with E-state index >= 15 is 0 Å². The molecule has 0 N–H and O–H groups in total. The van der Waals surface area contributed by atoms with Gasteiger partial charge in [0.1, 0.15) is 18.1 Å². The quantitative estimate of drug-likeness (QED) is 0.237. The molecule has 0 unspecified atom stereocenters. The second-order valence-corrected chi connectivity index (χ2v) is 8.55. The van der Waals surface area contributed by atoms with Gasteiger partial charge in [-0.15, -0.1) is 0 Å². The summed E-state index contributed by atoms with van der Waals surface area (Å²) in [6.07, 6.45) is 3.35. The summed E-state index contributed by atoms with van der Waals surface area (Å²) >= 11 is 0. The third-order valence-electron chi connectivity index (χ3n) is 5.76. The monoisotopic (exact) mass is 467 g/mol. The highest BCUT2D eigenvalue weighted by Crippen LogP contribution is 2.34. The number of hydrogen-bond acceptors (Lipinski definition) is 5. The molecule has 0 aliphatic rings. The minimum absolute atomic E-state index is 0.228. The van der Waals surface area contributed by atoms with Crippen LogP contribution in [-0.2, 0) is 0 Å². The number of hydrogen-bond donors (Lipinski definition) is 0. The van der Waals surface area contributed by atoms with Crippen LogP contribution < -0.4 is 15.0 Å². The number of fused-ring (bicyclic) bond motifs is 1. The summed E-state index contributed by atoms with van der Waals surface area (Å²) in [6, 6.07) is 18.8. The number of aromatic nitrogens is 2. The molecular formula is C29H29N3O3. The van der Waals surface area contributed by atoms with Crippen LogP contribution in [0.15, 0.2) is 83.2 Å². The van der Waals surface area contributed by atoms with Crippen LogP contribution in [0, 0.1) is 6.92 Å². The zero-order valence-electron chi connectivity index (χ0n) is 20.5. The molecule has 0 saturated carbocycles. The average molecular weight is 468 g/mol. The van der Waals surface area contributed by atoms with Crippen molar-refractivity contribution in [3.05, 3.63) is 100 Å². The van der Waals surface area contributed by atoms with E-state index in [0.29, 0.717) is 23.3 Å². The zero-order chi connectivity index (χ0) is 24.9. The Labute approximate surface area is 205 Å². The summed E-state index contributed by atoms with van der Waals surface area (Å²) in [5, 5.41) is 5.09. The van der Waals surface area contributed by atoms with Crippen LogP contribution in [0.2, 0.25) is 0 Å². The second-order valence-electron chi connectivity index (χ2n) is 8.55. The summed E-state index contributed by atoms with van der Waals surface area (Å²) < 4.78 is 12.5. The Bertz CT molecular complexity index is 1450. The predicted octanol–water partition coefficient (Wildman–Crippen LogP) is 5.95. The lowest BCUT2D eigenvalue weighted by atomic mass is 9.96. The number of methoxy groups -OCH3 is 1. The van der Waals surface area contributed by atoms with Crippen molar-refractivity contribution in [2.24, 2.45) is 5.10 Å². The van der Waals surface area contributed by atoms with Crippen molar-refractivity contribution < 1.29 is 9.47 Å². The summed E-state index contributed by atoms with van der Waals surface area (Å²) in [5.41, 5.74) is 4.05. The molecule has 4 rings (SSSR count). The third-order valence-corrected chi connectivity index (χ3v) is 5.76. The van der Waals surface area contributed by atoms with Crippen molar-refractivity contribution in [3.8, 4) is 22.9 Å². The Hall–Kier alpha value is -4.19. The molecule has 0 spiro atoms. The maximum absolute atomic E-state index is 13.5. The molecule has 3 aromatic carbocycles. The molecule has 35 heavy (non-hydrogen) atoms. The Morgan fingerprint density at radius 1 is 1.11 bits per heavy atom. The van der Waals surface area contributed by atoms with Gasteiger partial charge in [0.2, 0.25) is 0 Å². The maximum Gasteiger partial charge on any atom is 0.282 e. The molecule has 0 atom stereocenters. The van der Waals surface area contributed by atoms with Gasteiger partial charge in [0.05, 0.1) is 24.2 Å². The van der Waals surface area contributed by atoms with Gasteiger partial charge in [-0.1, -0.05) is 38.6 Å². The van der Waals surface area contributed by atoms with Gasteiger partial charge in [-0.3, -0.25) is 4.79 Å². The number of benzene rings is 3. The van der Waals surface area contributed by atoms with Crippen molar-refractivity contribution in [1.82, 2.24) is 9.66 Å². The number of ether oxygens (including phenoxy) is 2. The van der Waals surface area contributed by atoms with Gasteiger partial charge in [0, 0.05) is 5.56 Å². The Morgan fingerprint density at radius 2 is 1.86 bits per heavy atom. The first-order valence-corrected chi connectivity index (χ1v) is 11.5. The van der Waals surface area contributed by atoms with Gasteiger partial charge in [-0.05, 0) is 78.1 Å². The SMILES string of the molecule is C=CCOc1ccc(C=Nn2c(-c3cc(C(C)C)c(OC)cc3C)nc3ccccc3c2=O)cc1. The molecular weight excluding hydrogens is 438 g/mol. The van der Waals surface area contributed by atoms with Gasteiger partial charge in [0.15, 0.2) is 5.82 Å². The van der Waals surface area contributed by atoms with Crippen molar-refractivity contribution in [2.75, 3.05) is 13.7 Å². The number of aryl methyl sites for hydroxylation is 1. The largest absolute Gasteiger partial charge is 0.496 e. The molecule has 0 aliphatic carbocycles. The fourth-order valence-electron chi connectivity index (χ4n) is 3.90. The first kappa shape index (κ1) is 24.0. The van der Waals surface area contributed by atoms with Crippen LogP contribution in [-0.4, -0.2) is 29.6 Å².